The van der Waals surface area contributed by atoms with Gasteiger partial charge < -0.3 is 24.1 Å². The molecular formula is C24H26N4O4. The second-order valence-electron chi connectivity index (χ2n) is 8.61. The van der Waals surface area contributed by atoms with Gasteiger partial charge in [-0.05, 0) is 43.2 Å². The molecule has 3 aliphatic heterocycles. The molecule has 1 amide bonds. The van der Waals surface area contributed by atoms with Crippen molar-refractivity contribution in [1.82, 2.24) is 14.5 Å². The van der Waals surface area contributed by atoms with Crippen LogP contribution < -0.4 is 14.8 Å². The van der Waals surface area contributed by atoms with Gasteiger partial charge in [0.25, 0.3) is 5.91 Å². The topological polar surface area (TPSA) is 77.9 Å². The molecule has 1 fully saturated rings. The molecule has 1 aromatic heterocycles. The molecule has 0 saturated carbocycles. The van der Waals surface area contributed by atoms with E-state index in [1.165, 1.54) is 0 Å². The van der Waals surface area contributed by atoms with Crippen LogP contribution in [-0.4, -0.2) is 58.9 Å². The Kier molecular flexibility index (Phi) is 4.96. The number of hydrogen-bond acceptors (Lipinski definition) is 6. The molecule has 3 aliphatic rings. The number of carbonyl (C=O) groups is 1. The molecule has 0 spiro atoms. The number of nitrogens with one attached hydrogen (secondary N) is 1. The summed E-state index contributed by atoms with van der Waals surface area (Å²) >= 11 is 0. The van der Waals surface area contributed by atoms with E-state index in [1.54, 1.807) is 6.07 Å². The van der Waals surface area contributed by atoms with Gasteiger partial charge in [-0.2, -0.15) is 0 Å². The molecule has 8 nitrogen and oxygen atoms in total. The number of carbonyl (C=O) groups excluding carboxylic acids is 1. The summed E-state index contributed by atoms with van der Waals surface area (Å²) in [6.45, 7) is 4.77. The minimum atomic E-state index is -0.692. The van der Waals surface area contributed by atoms with Crippen LogP contribution in [-0.2, 0) is 22.6 Å². The predicted molar refractivity (Wildman–Crippen MR) is 119 cm³/mol. The zero-order valence-corrected chi connectivity index (χ0v) is 17.8. The van der Waals surface area contributed by atoms with E-state index in [0.29, 0.717) is 23.3 Å². The van der Waals surface area contributed by atoms with Crippen LogP contribution in [0.25, 0.3) is 11.0 Å². The van der Waals surface area contributed by atoms with Gasteiger partial charge in [0, 0.05) is 31.9 Å². The van der Waals surface area contributed by atoms with Gasteiger partial charge in [0.15, 0.2) is 11.5 Å². The molecule has 1 N–H and O–H groups in total. The Hall–Kier alpha value is -3.10. The van der Waals surface area contributed by atoms with Gasteiger partial charge in [-0.3, -0.25) is 9.69 Å². The summed E-state index contributed by atoms with van der Waals surface area (Å²) in [6.07, 6.45) is 1.97. The zero-order chi connectivity index (χ0) is 21.5. The summed E-state index contributed by atoms with van der Waals surface area (Å²) in [7, 11) is 0. The van der Waals surface area contributed by atoms with Crippen molar-refractivity contribution in [3.8, 4) is 11.5 Å². The standard InChI is InChI=1S/C24H26N4O4/c29-24(22-15-31-20-5-1-2-6-21(20)32-22)25-16-7-8-19-18(12-16)26-23-14-27(9-10-28(19)23)13-17-4-3-11-30-17/h1-2,5-8,12,17,22H,3-4,9-11,13-15H2,(H,25,29). The first-order valence-corrected chi connectivity index (χ1v) is 11.3. The van der Waals surface area contributed by atoms with Crippen molar-refractivity contribution in [2.75, 3.05) is 31.6 Å². The third kappa shape index (κ3) is 3.69. The number of anilines is 1. The smallest absolute Gasteiger partial charge is 0.269 e. The van der Waals surface area contributed by atoms with Gasteiger partial charge in [-0.1, -0.05) is 12.1 Å². The van der Waals surface area contributed by atoms with Crippen molar-refractivity contribution in [3.05, 3.63) is 48.3 Å². The van der Waals surface area contributed by atoms with Gasteiger partial charge in [-0.15, -0.1) is 0 Å². The fraction of sp³-hybridized carbons (Fsp3) is 0.417. The fourth-order valence-corrected chi connectivity index (χ4v) is 4.75. The lowest BCUT2D eigenvalue weighted by molar-refractivity contribution is -0.125. The Bertz CT molecular complexity index is 1150. The number of aromatic nitrogens is 2. The summed E-state index contributed by atoms with van der Waals surface area (Å²) in [5.41, 5.74) is 2.69. The van der Waals surface area contributed by atoms with Crippen molar-refractivity contribution in [1.29, 1.82) is 0 Å². The minimum Gasteiger partial charge on any atom is -0.485 e. The van der Waals surface area contributed by atoms with Crippen LogP contribution in [0.15, 0.2) is 42.5 Å². The maximum Gasteiger partial charge on any atom is 0.269 e. The molecule has 166 valence electrons. The van der Waals surface area contributed by atoms with Gasteiger partial charge in [0.2, 0.25) is 6.10 Å². The lowest BCUT2D eigenvalue weighted by Gasteiger charge is -2.29. The molecule has 0 radical (unpaired) electrons. The number of imidazole rings is 1. The molecule has 4 heterocycles. The number of rotatable bonds is 4. The number of nitrogens with zero attached hydrogens (tertiary/aromatic N) is 3. The molecule has 8 heteroatoms. The van der Waals surface area contributed by atoms with Gasteiger partial charge in [0.05, 0.1) is 23.7 Å². The number of amides is 1. The quantitative estimate of drug-likeness (QED) is 0.681. The molecule has 1 saturated heterocycles. The summed E-state index contributed by atoms with van der Waals surface area (Å²) in [4.78, 5) is 20.0. The summed E-state index contributed by atoms with van der Waals surface area (Å²) in [5.74, 6) is 2.08. The molecule has 6 rings (SSSR count). The van der Waals surface area contributed by atoms with Crippen LogP contribution in [0.5, 0.6) is 11.5 Å². The van der Waals surface area contributed by atoms with E-state index in [1.807, 2.05) is 36.4 Å². The Labute approximate surface area is 186 Å². The van der Waals surface area contributed by atoms with Crippen LogP contribution in [0.2, 0.25) is 0 Å². The fourth-order valence-electron chi connectivity index (χ4n) is 4.75. The van der Waals surface area contributed by atoms with Gasteiger partial charge in [-0.25, -0.2) is 4.98 Å². The Morgan fingerprint density at radius 2 is 2.06 bits per heavy atom. The first-order valence-electron chi connectivity index (χ1n) is 11.3. The zero-order valence-electron chi connectivity index (χ0n) is 17.8. The molecule has 0 aliphatic carbocycles. The average molecular weight is 434 g/mol. The molecule has 2 atom stereocenters. The number of fused-ring (bicyclic) bond motifs is 4. The van der Waals surface area contributed by atoms with E-state index < -0.39 is 6.10 Å². The van der Waals surface area contributed by atoms with Crippen LogP contribution in [0, 0.1) is 0 Å². The Morgan fingerprint density at radius 1 is 1.16 bits per heavy atom. The van der Waals surface area contributed by atoms with E-state index in [2.05, 4.69) is 14.8 Å². The number of ether oxygens (including phenoxy) is 3. The first kappa shape index (κ1) is 19.6. The van der Waals surface area contributed by atoms with E-state index in [-0.39, 0.29) is 12.5 Å². The van der Waals surface area contributed by atoms with E-state index in [0.717, 1.165) is 62.5 Å². The van der Waals surface area contributed by atoms with Crippen LogP contribution in [0.4, 0.5) is 5.69 Å². The van der Waals surface area contributed by atoms with Gasteiger partial charge in [0.1, 0.15) is 12.4 Å². The second kappa shape index (κ2) is 8.11. The monoisotopic (exact) mass is 434 g/mol. The largest absolute Gasteiger partial charge is 0.485 e. The van der Waals surface area contributed by atoms with E-state index in [9.17, 15) is 4.79 Å². The maximum absolute atomic E-state index is 12.8. The summed E-state index contributed by atoms with van der Waals surface area (Å²) < 4.78 is 19.6. The van der Waals surface area contributed by atoms with E-state index >= 15 is 0 Å². The SMILES string of the molecule is O=C(Nc1ccc2c(c1)nc1n2CCN(CC2CCCO2)C1)C1COc2ccccc2O1. The maximum atomic E-state index is 12.8. The van der Waals surface area contributed by atoms with Crippen molar-refractivity contribution in [3.63, 3.8) is 0 Å². The van der Waals surface area contributed by atoms with Crippen LogP contribution in [0.1, 0.15) is 18.7 Å². The summed E-state index contributed by atoms with van der Waals surface area (Å²) in [6, 6.07) is 13.3. The highest BCUT2D eigenvalue weighted by Gasteiger charge is 2.28. The Balaban J connectivity index is 1.15. The molecule has 2 aromatic carbocycles. The molecular weight excluding hydrogens is 408 g/mol. The van der Waals surface area contributed by atoms with Crippen LogP contribution >= 0.6 is 0 Å². The third-order valence-electron chi connectivity index (χ3n) is 6.39. The third-order valence-corrected chi connectivity index (χ3v) is 6.39. The molecule has 32 heavy (non-hydrogen) atoms. The lowest BCUT2D eigenvalue weighted by atomic mass is 10.2. The number of benzene rings is 2. The number of para-hydroxylation sites is 2. The van der Waals surface area contributed by atoms with Crippen molar-refractivity contribution in [2.24, 2.45) is 0 Å². The highest BCUT2D eigenvalue weighted by atomic mass is 16.6. The van der Waals surface area contributed by atoms with Crippen molar-refractivity contribution < 1.29 is 19.0 Å². The van der Waals surface area contributed by atoms with Gasteiger partial charge >= 0.3 is 0 Å². The minimum absolute atomic E-state index is 0.185. The van der Waals surface area contributed by atoms with E-state index in [4.69, 9.17) is 19.2 Å². The highest BCUT2D eigenvalue weighted by Crippen LogP contribution is 2.31. The van der Waals surface area contributed by atoms with Crippen molar-refractivity contribution in [2.45, 2.75) is 38.1 Å². The predicted octanol–water partition coefficient (Wildman–Crippen LogP) is 2.81. The lowest BCUT2D eigenvalue weighted by Crippen LogP contribution is -2.40. The average Bonchev–Trinajstić information content (AvgIpc) is 3.45. The highest BCUT2D eigenvalue weighted by molar-refractivity contribution is 5.96. The second-order valence-corrected chi connectivity index (χ2v) is 8.61. The normalized spacial score (nSPS) is 22.6. The van der Waals surface area contributed by atoms with Crippen LogP contribution in [0.3, 0.4) is 0 Å². The number of hydrogen-bond donors (Lipinski definition) is 1. The Morgan fingerprint density at radius 3 is 2.94 bits per heavy atom. The summed E-state index contributed by atoms with van der Waals surface area (Å²) in [5, 5.41) is 2.95. The molecule has 3 aromatic rings. The first-order chi connectivity index (χ1) is 15.7. The van der Waals surface area contributed by atoms with Crippen molar-refractivity contribution >= 4 is 22.6 Å². The molecule has 0 bridgehead atoms. The molecule has 2 unspecified atom stereocenters.